The summed E-state index contributed by atoms with van der Waals surface area (Å²) in [5.41, 5.74) is -0.733. The van der Waals surface area contributed by atoms with Crippen LogP contribution < -0.4 is 15.6 Å². The molecule has 2 N–H and O–H groups in total. The fourth-order valence-corrected chi connectivity index (χ4v) is 4.03. The normalized spacial score (nSPS) is 15.3. The van der Waals surface area contributed by atoms with E-state index >= 15 is 0 Å². The van der Waals surface area contributed by atoms with E-state index in [9.17, 15) is 23.2 Å². The lowest BCUT2D eigenvalue weighted by atomic mass is 10.00. The van der Waals surface area contributed by atoms with E-state index in [2.05, 4.69) is 15.3 Å². The minimum absolute atomic E-state index is 0.109. The number of ether oxygens (including phenoxy) is 1. The summed E-state index contributed by atoms with van der Waals surface area (Å²) in [5, 5.41) is 2.65. The smallest absolute Gasteiger partial charge is 0.280 e. The number of hydrogen-bond donors (Lipinski definition) is 2. The Balaban J connectivity index is 1.41. The first-order valence-corrected chi connectivity index (χ1v) is 11.4. The van der Waals surface area contributed by atoms with E-state index in [1.807, 2.05) is 0 Å². The SMILES string of the molecule is CC(C)[C@H](NC(=O)c1nc2ccc(F)cc2[nH]c1=O)C(=O)N1CCC(Oc2ccc(F)cc2)CC1. The average Bonchev–Trinajstić information content (AvgIpc) is 2.83. The van der Waals surface area contributed by atoms with Crippen molar-refractivity contribution in [2.45, 2.75) is 38.8 Å². The van der Waals surface area contributed by atoms with Gasteiger partial charge in [0.2, 0.25) is 5.91 Å². The van der Waals surface area contributed by atoms with Crippen molar-refractivity contribution in [3.05, 3.63) is 70.1 Å². The molecule has 0 unspecified atom stereocenters. The number of H-pyrrole nitrogens is 1. The summed E-state index contributed by atoms with van der Waals surface area (Å²) in [6.07, 6.45) is 1.07. The van der Waals surface area contributed by atoms with Gasteiger partial charge < -0.3 is 19.9 Å². The third kappa shape index (κ3) is 5.64. The highest BCUT2D eigenvalue weighted by Gasteiger charge is 2.32. The van der Waals surface area contributed by atoms with Crippen LogP contribution in [0.1, 0.15) is 37.2 Å². The Morgan fingerprint density at radius 2 is 1.74 bits per heavy atom. The molecule has 2 aromatic carbocycles. The van der Waals surface area contributed by atoms with Crippen molar-refractivity contribution in [3.63, 3.8) is 0 Å². The van der Waals surface area contributed by atoms with Crippen LogP contribution in [0, 0.1) is 17.6 Å². The summed E-state index contributed by atoms with van der Waals surface area (Å²) in [5.74, 6) is -1.58. The number of carbonyl (C=O) groups excluding carboxylic acids is 2. The number of aromatic nitrogens is 2. The third-order valence-corrected chi connectivity index (χ3v) is 5.96. The predicted octanol–water partition coefficient (Wildman–Crippen LogP) is 3.03. The maximum Gasteiger partial charge on any atom is 0.280 e. The van der Waals surface area contributed by atoms with Gasteiger partial charge in [-0.05, 0) is 48.4 Å². The molecule has 0 saturated carbocycles. The predicted molar refractivity (Wildman–Crippen MR) is 125 cm³/mol. The van der Waals surface area contributed by atoms with Crippen molar-refractivity contribution in [1.29, 1.82) is 0 Å². The van der Waals surface area contributed by atoms with Crippen molar-refractivity contribution < 1.29 is 23.1 Å². The highest BCUT2D eigenvalue weighted by atomic mass is 19.1. The largest absolute Gasteiger partial charge is 0.490 e. The number of benzene rings is 2. The Hall–Kier alpha value is -3.82. The molecular weight excluding hydrogens is 458 g/mol. The lowest BCUT2D eigenvalue weighted by molar-refractivity contribution is -0.136. The van der Waals surface area contributed by atoms with Gasteiger partial charge in [0.1, 0.15) is 29.5 Å². The number of amides is 2. The van der Waals surface area contributed by atoms with Gasteiger partial charge in [0.15, 0.2) is 5.69 Å². The zero-order valence-corrected chi connectivity index (χ0v) is 19.4. The van der Waals surface area contributed by atoms with Gasteiger partial charge in [-0.2, -0.15) is 0 Å². The van der Waals surface area contributed by atoms with Crippen molar-refractivity contribution in [2.24, 2.45) is 5.92 Å². The van der Waals surface area contributed by atoms with E-state index in [1.54, 1.807) is 30.9 Å². The number of rotatable bonds is 6. The molecule has 1 aliphatic rings. The summed E-state index contributed by atoms with van der Waals surface area (Å²) in [7, 11) is 0. The minimum Gasteiger partial charge on any atom is -0.490 e. The van der Waals surface area contributed by atoms with Crippen LogP contribution in [0.2, 0.25) is 0 Å². The Morgan fingerprint density at radius 3 is 2.40 bits per heavy atom. The number of nitrogens with zero attached hydrogens (tertiary/aromatic N) is 2. The number of carbonyl (C=O) groups is 2. The van der Waals surface area contributed by atoms with Crippen LogP contribution >= 0.6 is 0 Å². The summed E-state index contributed by atoms with van der Waals surface area (Å²) in [6.45, 7) is 4.47. The molecule has 1 saturated heterocycles. The zero-order chi connectivity index (χ0) is 25.1. The van der Waals surface area contributed by atoms with Gasteiger partial charge in [0.25, 0.3) is 11.5 Å². The van der Waals surface area contributed by atoms with Crippen LogP contribution in [0.25, 0.3) is 11.0 Å². The second-order valence-corrected chi connectivity index (χ2v) is 8.87. The number of likely N-dealkylation sites (tertiary alicyclic amines) is 1. The second-order valence-electron chi connectivity index (χ2n) is 8.87. The Bertz CT molecular complexity index is 1280. The maximum atomic E-state index is 13.4. The first-order chi connectivity index (χ1) is 16.7. The molecule has 1 fully saturated rings. The fraction of sp³-hybridized carbons (Fsp3) is 0.360. The second kappa shape index (κ2) is 10.2. The van der Waals surface area contributed by atoms with Gasteiger partial charge in [-0.3, -0.25) is 14.4 Å². The summed E-state index contributed by atoms with van der Waals surface area (Å²) in [4.78, 5) is 46.7. The third-order valence-electron chi connectivity index (χ3n) is 5.96. The van der Waals surface area contributed by atoms with E-state index in [1.165, 1.54) is 24.3 Å². The molecule has 1 aliphatic heterocycles. The van der Waals surface area contributed by atoms with Crippen LogP contribution in [-0.4, -0.2) is 51.9 Å². The molecule has 0 bridgehead atoms. The Morgan fingerprint density at radius 1 is 1.09 bits per heavy atom. The average molecular weight is 485 g/mol. The van der Waals surface area contributed by atoms with E-state index in [4.69, 9.17) is 4.74 Å². The maximum absolute atomic E-state index is 13.4. The topological polar surface area (TPSA) is 104 Å². The number of fused-ring (bicyclic) bond motifs is 1. The molecule has 0 aliphatic carbocycles. The van der Waals surface area contributed by atoms with E-state index in [-0.39, 0.29) is 34.8 Å². The molecule has 3 aromatic rings. The minimum atomic E-state index is -0.859. The number of nitrogens with one attached hydrogen (secondary N) is 2. The molecule has 10 heteroatoms. The van der Waals surface area contributed by atoms with Gasteiger partial charge in [-0.1, -0.05) is 13.8 Å². The lowest BCUT2D eigenvalue weighted by Gasteiger charge is -2.35. The van der Waals surface area contributed by atoms with Crippen LogP contribution in [0.4, 0.5) is 8.78 Å². The summed E-state index contributed by atoms with van der Waals surface area (Å²) in [6, 6.07) is 8.60. The standard InChI is InChI=1S/C25H26F2N4O4/c1-14(2)21(30-24(33)22-23(32)29-20-13-16(27)5-8-19(20)28-22)25(34)31-11-9-18(10-12-31)35-17-6-3-15(26)4-7-17/h3-8,13-14,18,21H,9-12H2,1-2H3,(H,29,32)(H,30,33)/t21-/m0/s1. The van der Waals surface area contributed by atoms with Crippen LogP contribution in [0.15, 0.2) is 47.3 Å². The van der Waals surface area contributed by atoms with Gasteiger partial charge in [-0.15, -0.1) is 0 Å². The van der Waals surface area contributed by atoms with E-state index in [0.717, 1.165) is 6.07 Å². The molecular formula is C25H26F2N4O4. The molecule has 2 amide bonds. The lowest BCUT2D eigenvalue weighted by Crippen LogP contribution is -2.54. The number of halogens is 2. The van der Waals surface area contributed by atoms with E-state index < -0.39 is 29.0 Å². The Kier molecular flexibility index (Phi) is 7.09. The van der Waals surface area contributed by atoms with Gasteiger partial charge in [0.05, 0.1) is 11.0 Å². The molecule has 4 rings (SSSR count). The molecule has 35 heavy (non-hydrogen) atoms. The Labute approximate surface area is 200 Å². The van der Waals surface area contributed by atoms with Crippen molar-refractivity contribution in [1.82, 2.24) is 20.2 Å². The molecule has 1 aromatic heterocycles. The van der Waals surface area contributed by atoms with Crippen LogP contribution in [0.3, 0.4) is 0 Å². The first kappa shape index (κ1) is 24.3. The first-order valence-electron chi connectivity index (χ1n) is 11.4. The number of hydrogen-bond acceptors (Lipinski definition) is 5. The van der Waals surface area contributed by atoms with Crippen molar-refractivity contribution >= 4 is 22.8 Å². The van der Waals surface area contributed by atoms with Crippen LogP contribution in [-0.2, 0) is 4.79 Å². The summed E-state index contributed by atoms with van der Waals surface area (Å²) >= 11 is 0. The van der Waals surface area contributed by atoms with E-state index in [0.29, 0.717) is 31.7 Å². The van der Waals surface area contributed by atoms with Crippen molar-refractivity contribution in [3.8, 4) is 5.75 Å². The highest BCUT2D eigenvalue weighted by molar-refractivity contribution is 5.97. The monoisotopic (exact) mass is 484 g/mol. The zero-order valence-electron chi connectivity index (χ0n) is 19.4. The molecule has 0 radical (unpaired) electrons. The number of aromatic amines is 1. The molecule has 8 nitrogen and oxygen atoms in total. The highest BCUT2D eigenvalue weighted by Crippen LogP contribution is 2.21. The molecule has 2 heterocycles. The van der Waals surface area contributed by atoms with Gasteiger partial charge in [0, 0.05) is 25.9 Å². The van der Waals surface area contributed by atoms with Crippen LogP contribution in [0.5, 0.6) is 5.75 Å². The number of piperidine rings is 1. The quantitative estimate of drug-likeness (QED) is 0.560. The molecule has 0 spiro atoms. The molecule has 184 valence electrons. The van der Waals surface area contributed by atoms with Gasteiger partial charge >= 0.3 is 0 Å². The van der Waals surface area contributed by atoms with Gasteiger partial charge in [-0.25, -0.2) is 13.8 Å². The van der Waals surface area contributed by atoms with Crippen molar-refractivity contribution in [2.75, 3.05) is 13.1 Å². The fourth-order valence-electron chi connectivity index (χ4n) is 4.03. The summed E-state index contributed by atoms with van der Waals surface area (Å²) < 4.78 is 32.4. The molecule has 1 atom stereocenters.